The summed E-state index contributed by atoms with van der Waals surface area (Å²) >= 11 is 0. The first kappa shape index (κ1) is 18.2. The number of carbonyl (C=O) groups is 2. The number of amides is 1. The molecule has 1 rings (SSSR count). The van der Waals surface area contributed by atoms with Gasteiger partial charge in [0.15, 0.2) is 5.78 Å². The van der Waals surface area contributed by atoms with E-state index in [1.54, 1.807) is 12.1 Å². The molecule has 0 spiro atoms. The summed E-state index contributed by atoms with van der Waals surface area (Å²) in [6, 6.07) is 7.09. The number of rotatable bonds is 5. The van der Waals surface area contributed by atoms with Crippen LogP contribution in [0.4, 0.5) is 4.79 Å². The van der Waals surface area contributed by atoms with Gasteiger partial charge in [0, 0.05) is 5.56 Å². The van der Waals surface area contributed by atoms with Crippen molar-refractivity contribution in [3.05, 3.63) is 35.4 Å². The molecule has 0 fully saturated rings. The van der Waals surface area contributed by atoms with E-state index in [-0.39, 0.29) is 11.8 Å². The topological polar surface area (TPSA) is 58.6 Å². The van der Waals surface area contributed by atoms with Gasteiger partial charge in [-0.05, 0) is 47.4 Å². The molecular formula is C17H26N2O3. The van der Waals surface area contributed by atoms with E-state index in [1.165, 1.54) is 0 Å². The van der Waals surface area contributed by atoms with Gasteiger partial charge in [-0.25, -0.2) is 4.79 Å². The van der Waals surface area contributed by atoms with E-state index in [1.807, 2.05) is 58.8 Å². The highest BCUT2D eigenvalue weighted by atomic mass is 16.6. The van der Waals surface area contributed by atoms with Gasteiger partial charge in [-0.15, -0.1) is 0 Å². The quantitative estimate of drug-likeness (QED) is 0.850. The molecule has 1 aromatic rings. The van der Waals surface area contributed by atoms with Crippen molar-refractivity contribution in [2.45, 2.75) is 39.3 Å². The zero-order valence-electron chi connectivity index (χ0n) is 14.3. The lowest BCUT2D eigenvalue weighted by Gasteiger charge is -2.22. The van der Waals surface area contributed by atoms with Gasteiger partial charge in [0.05, 0.1) is 12.6 Å². The molecule has 1 N–H and O–H groups in total. The van der Waals surface area contributed by atoms with Crippen LogP contribution in [0.1, 0.15) is 49.7 Å². The highest BCUT2D eigenvalue weighted by molar-refractivity contribution is 5.97. The Morgan fingerprint density at radius 1 is 1.18 bits per heavy atom. The molecule has 22 heavy (non-hydrogen) atoms. The van der Waals surface area contributed by atoms with Crippen molar-refractivity contribution in [2.24, 2.45) is 0 Å². The summed E-state index contributed by atoms with van der Waals surface area (Å²) in [5, 5.41) is 2.78. The Morgan fingerprint density at radius 3 is 2.18 bits per heavy atom. The molecule has 0 bridgehead atoms. The molecule has 122 valence electrons. The number of Topliss-reactive ketones (excluding diaryl/α,β-unsaturated/α-hetero) is 1. The number of carbonyl (C=O) groups excluding carboxylic acids is 2. The van der Waals surface area contributed by atoms with E-state index >= 15 is 0 Å². The van der Waals surface area contributed by atoms with E-state index < -0.39 is 11.7 Å². The Kier molecular flexibility index (Phi) is 6.11. The second-order valence-corrected chi connectivity index (χ2v) is 6.65. The maximum absolute atomic E-state index is 11.9. The minimum atomic E-state index is -0.522. The first-order chi connectivity index (χ1) is 10.1. The summed E-state index contributed by atoms with van der Waals surface area (Å²) in [6.07, 6.45) is -0.451. The van der Waals surface area contributed by atoms with Gasteiger partial charge < -0.3 is 15.0 Å². The molecule has 0 radical (unpaired) electrons. The standard InChI is InChI=1S/C17H26N2O3/c1-12(18-16(21)22-17(2,3)4)13-7-9-14(10-8-13)15(20)11-19(5)6/h7-10,12H,11H2,1-6H3,(H,18,21)/t12-/m0/s1. The average Bonchev–Trinajstić information content (AvgIpc) is 2.35. The minimum Gasteiger partial charge on any atom is -0.444 e. The SMILES string of the molecule is C[C@H](NC(=O)OC(C)(C)C)c1ccc(C(=O)CN(C)C)cc1. The first-order valence-corrected chi connectivity index (χ1v) is 7.36. The van der Waals surface area contributed by atoms with E-state index in [0.29, 0.717) is 12.1 Å². The van der Waals surface area contributed by atoms with Crippen molar-refractivity contribution >= 4 is 11.9 Å². The summed E-state index contributed by atoms with van der Waals surface area (Å²) in [7, 11) is 3.72. The summed E-state index contributed by atoms with van der Waals surface area (Å²) in [5.41, 5.74) is 1.07. The van der Waals surface area contributed by atoms with Crippen molar-refractivity contribution in [3.8, 4) is 0 Å². The third kappa shape index (κ3) is 6.26. The van der Waals surface area contributed by atoms with Crippen molar-refractivity contribution < 1.29 is 14.3 Å². The number of benzene rings is 1. The third-order valence-corrected chi connectivity index (χ3v) is 2.93. The molecule has 0 saturated heterocycles. The fourth-order valence-corrected chi connectivity index (χ4v) is 1.90. The van der Waals surface area contributed by atoms with E-state index in [4.69, 9.17) is 4.74 Å². The molecule has 1 atom stereocenters. The molecule has 0 unspecified atom stereocenters. The predicted molar refractivity (Wildman–Crippen MR) is 87.1 cm³/mol. The number of ketones is 1. The molecular weight excluding hydrogens is 280 g/mol. The van der Waals surface area contributed by atoms with Crippen molar-refractivity contribution in [1.82, 2.24) is 10.2 Å². The zero-order chi connectivity index (χ0) is 16.9. The number of alkyl carbamates (subject to hydrolysis) is 1. The van der Waals surface area contributed by atoms with Crippen LogP contribution in [0.2, 0.25) is 0 Å². The summed E-state index contributed by atoms with van der Waals surface area (Å²) in [6.45, 7) is 7.72. The molecule has 0 aliphatic carbocycles. The van der Waals surface area contributed by atoms with Crippen molar-refractivity contribution in [2.75, 3.05) is 20.6 Å². The molecule has 0 aliphatic heterocycles. The maximum Gasteiger partial charge on any atom is 0.408 e. The Labute approximate surface area is 132 Å². The van der Waals surface area contributed by atoms with Gasteiger partial charge in [-0.1, -0.05) is 24.3 Å². The van der Waals surface area contributed by atoms with E-state index in [2.05, 4.69) is 5.32 Å². The van der Waals surface area contributed by atoms with Gasteiger partial charge in [0.1, 0.15) is 5.60 Å². The van der Waals surface area contributed by atoms with Gasteiger partial charge in [0.2, 0.25) is 0 Å². The van der Waals surface area contributed by atoms with Crippen LogP contribution in [0.5, 0.6) is 0 Å². The van der Waals surface area contributed by atoms with Gasteiger partial charge in [-0.3, -0.25) is 4.79 Å². The maximum atomic E-state index is 11.9. The van der Waals surface area contributed by atoms with E-state index in [0.717, 1.165) is 5.56 Å². The second kappa shape index (κ2) is 7.40. The Morgan fingerprint density at radius 2 is 1.73 bits per heavy atom. The molecule has 0 aromatic heterocycles. The van der Waals surface area contributed by atoms with Crippen molar-refractivity contribution in [3.63, 3.8) is 0 Å². The van der Waals surface area contributed by atoms with Crippen LogP contribution in [0.15, 0.2) is 24.3 Å². The van der Waals surface area contributed by atoms with Crippen LogP contribution in [0.3, 0.4) is 0 Å². The predicted octanol–water partition coefficient (Wildman–Crippen LogP) is 3.02. The number of hydrogen-bond acceptors (Lipinski definition) is 4. The normalized spacial score (nSPS) is 12.9. The Bertz CT molecular complexity index is 516. The number of hydrogen-bond donors (Lipinski definition) is 1. The smallest absolute Gasteiger partial charge is 0.408 e. The minimum absolute atomic E-state index is 0.0734. The van der Waals surface area contributed by atoms with Crippen molar-refractivity contribution in [1.29, 1.82) is 0 Å². The number of ether oxygens (including phenoxy) is 1. The van der Waals surface area contributed by atoms with Crippen LogP contribution in [0, 0.1) is 0 Å². The number of nitrogens with one attached hydrogen (secondary N) is 1. The van der Waals surface area contributed by atoms with Crippen LogP contribution in [-0.2, 0) is 4.74 Å². The van der Waals surface area contributed by atoms with Crippen LogP contribution < -0.4 is 5.32 Å². The third-order valence-electron chi connectivity index (χ3n) is 2.93. The fourth-order valence-electron chi connectivity index (χ4n) is 1.90. The number of nitrogens with zero attached hydrogens (tertiary/aromatic N) is 1. The van der Waals surface area contributed by atoms with Crippen LogP contribution >= 0.6 is 0 Å². The second-order valence-electron chi connectivity index (χ2n) is 6.65. The number of likely N-dealkylation sites (N-methyl/N-ethyl adjacent to an activating group) is 1. The lowest BCUT2D eigenvalue weighted by Crippen LogP contribution is -2.34. The molecule has 1 aromatic carbocycles. The summed E-state index contributed by atoms with van der Waals surface area (Å²) < 4.78 is 5.23. The van der Waals surface area contributed by atoms with Gasteiger partial charge in [0.25, 0.3) is 0 Å². The zero-order valence-corrected chi connectivity index (χ0v) is 14.3. The fraction of sp³-hybridized carbons (Fsp3) is 0.529. The highest BCUT2D eigenvalue weighted by Gasteiger charge is 2.18. The molecule has 5 heteroatoms. The lowest BCUT2D eigenvalue weighted by atomic mass is 10.0. The van der Waals surface area contributed by atoms with Gasteiger partial charge in [-0.2, -0.15) is 0 Å². The Hall–Kier alpha value is -1.88. The molecule has 1 amide bonds. The molecule has 5 nitrogen and oxygen atoms in total. The van der Waals surface area contributed by atoms with E-state index in [9.17, 15) is 9.59 Å². The summed E-state index contributed by atoms with van der Waals surface area (Å²) in [5.74, 6) is 0.0734. The largest absolute Gasteiger partial charge is 0.444 e. The monoisotopic (exact) mass is 306 g/mol. The lowest BCUT2D eigenvalue weighted by molar-refractivity contribution is 0.0507. The highest BCUT2D eigenvalue weighted by Crippen LogP contribution is 2.15. The molecule has 0 saturated carbocycles. The average molecular weight is 306 g/mol. The first-order valence-electron chi connectivity index (χ1n) is 7.36. The van der Waals surface area contributed by atoms with Crippen LogP contribution in [-0.4, -0.2) is 43.0 Å². The van der Waals surface area contributed by atoms with Gasteiger partial charge >= 0.3 is 6.09 Å². The van der Waals surface area contributed by atoms with Crippen LogP contribution in [0.25, 0.3) is 0 Å². The molecule has 0 heterocycles. The molecule has 0 aliphatic rings. The Balaban J connectivity index is 2.66. The summed E-state index contributed by atoms with van der Waals surface area (Å²) in [4.78, 5) is 25.5.